The molecule has 3 bridgehead atoms. The van der Waals surface area contributed by atoms with Crippen LogP contribution in [-0.4, -0.2) is 31.0 Å². The zero-order valence-electron chi connectivity index (χ0n) is 19.1. The van der Waals surface area contributed by atoms with Crippen molar-refractivity contribution < 1.29 is 13.6 Å². The molecular weight excluding hydrogens is 394 g/mol. The molecule has 0 aromatic carbocycles. The van der Waals surface area contributed by atoms with Crippen LogP contribution >= 0.6 is 0 Å². The first-order chi connectivity index (χ1) is 14.8. The molecule has 3 nitrogen and oxygen atoms in total. The molecule has 5 heteroatoms. The van der Waals surface area contributed by atoms with Crippen molar-refractivity contribution in [1.29, 1.82) is 0 Å². The molecule has 0 aromatic rings. The highest BCUT2D eigenvalue weighted by molar-refractivity contribution is 5.80. The van der Waals surface area contributed by atoms with Crippen molar-refractivity contribution in [3.63, 3.8) is 0 Å². The van der Waals surface area contributed by atoms with Crippen LogP contribution in [0, 0.1) is 28.6 Å². The van der Waals surface area contributed by atoms with Crippen molar-refractivity contribution in [3.8, 4) is 0 Å². The maximum Gasteiger partial charge on any atom is 0.280 e. The highest BCUT2D eigenvalue weighted by atomic mass is 19.3. The average Bonchev–Trinajstić information content (AvgIpc) is 2.73. The molecule has 4 aliphatic rings. The van der Waals surface area contributed by atoms with Crippen LogP contribution in [-0.2, 0) is 4.79 Å². The molecule has 4 rings (SSSR count). The minimum atomic E-state index is -2.88. The number of rotatable bonds is 6. The smallest absolute Gasteiger partial charge is 0.280 e. The Hall–Kier alpha value is -1.49. The Bertz CT molecular complexity index is 775. The van der Waals surface area contributed by atoms with Gasteiger partial charge in [-0.2, -0.15) is 0 Å². The summed E-state index contributed by atoms with van der Waals surface area (Å²) in [5, 5.41) is 5.54. The fourth-order valence-corrected chi connectivity index (χ4v) is 7.53. The second kappa shape index (κ2) is 8.46. The van der Waals surface area contributed by atoms with E-state index in [0.717, 1.165) is 38.5 Å². The molecule has 3 saturated carbocycles. The van der Waals surface area contributed by atoms with Gasteiger partial charge in [0, 0.05) is 5.92 Å². The molecule has 3 aliphatic carbocycles. The third-order valence-electron chi connectivity index (χ3n) is 8.98. The van der Waals surface area contributed by atoms with Crippen LogP contribution in [0.3, 0.4) is 0 Å². The van der Waals surface area contributed by atoms with Crippen molar-refractivity contribution in [1.82, 2.24) is 10.6 Å². The molecule has 31 heavy (non-hydrogen) atoms. The monoisotopic (exact) mass is 432 g/mol. The lowest BCUT2D eigenvalue weighted by Crippen LogP contribution is -2.61. The van der Waals surface area contributed by atoms with E-state index in [1.807, 2.05) is 19.1 Å². The Morgan fingerprint density at radius 3 is 2.77 bits per heavy atom. The minimum absolute atomic E-state index is 0.125. The van der Waals surface area contributed by atoms with Crippen molar-refractivity contribution in [2.24, 2.45) is 28.6 Å². The molecule has 0 spiro atoms. The summed E-state index contributed by atoms with van der Waals surface area (Å²) in [5.74, 6) is -2.36. The summed E-state index contributed by atoms with van der Waals surface area (Å²) < 4.78 is 28.6. The number of allylic oxidation sites excluding steroid dienone is 5. The quantitative estimate of drug-likeness (QED) is 0.552. The van der Waals surface area contributed by atoms with E-state index < -0.39 is 12.0 Å². The standard InChI is InChI=1S/C26H38F2N2O/c1-4-6-7-8-18(3)25-11-9-21-20(13-19(15-25)14-24(21,5-2)16-25)23(31)30-22-10-12-29-17-26(22,27)28/h4,6-8,19-22,29H,3,5,9-17H2,1-2H3,(H,30,31)/b6-4-,8-7-/t19?,20?,21?,22?,24-,25-/m1/s1. The Morgan fingerprint density at radius 2 is 2.06 bits per heavy atom. The second-order valence-corrected chi connectivity index (χ2v) is 10.6. The lowest BCUT2D eigenvalue weighted by molar-refractivity contribution is -0.154. The number of amides is 1. The third kappa shape index (κ3) is 4.03. The zero-order chi connectivity index (χ0) is 22.3. The van der Waals surface area contributed by atoms with Crippen LogP contribution in [0.5, 0.6) is 0 Å². The summed E-state index contributed by atoms with van der Waals surface area (Å²) in [6.45, 7) is 8.92. The minimum Gasteiger partial charge on any atom is -0.347 e. The molecule has 1 saturated heterocycles. The van der Waals surface area contributed by atoms with Crippen molar-refractivity contribution in [3.05, 3.63) is 36.5 Å². The van der Waals surface area contributed by atoms with E-state index in [2.05, 4.69) is 36.3 Å². The van der Waals surface area contributed by atoms with Gasteiger partial charge in [-0.15, -0.1) is 0 Å². The number of alkyl halides is 2. The molecule has 6 atom stereocenters. The summed E-state index contributed by atoms with van der Waals surface area (Å²) >= 11 is 0. The predicted molar refractivity (Wildman–Crippen MR) is 121 cm³/mol. The van der Waals surface area contributed by atoms with Gasteiger partial charge in [-0.05, 0) is 86.7 Å². The van der Waals surface area contributed by atoms with Crippen molar-refractivity contribution >= 4 is 5.91 Å². The largest absolute Gasteiger partial charge is 0.347 e. The van der Waals surface area contributed by atoms with E-state index in [-0.39, 0.29) is 29.2 Å². The van der Waals surface area contributed by atoms with E-state index in [0.29, 0.717) is 24.8 Å². The highest BCUT2D eigenvalue weighted by Gasteiger charge is 2.61. The maximum atomic E-state index is 14.3. The number of hydrogen-bond donors (Lipinski definition) is 2. The summed E-state index contributed by atoms with van der Waals surface area (Å²) in [7, 11) is 0. The fourth-order valence-electron chi connectivity index (χ4n) is 7.53. The number of carbonyl (C=O) groups excluding carboxylic acids is 1. The number of fused-ring (bicyclic) bond motifs is 2. The molecule has 1 amide bonds. The lowest BCUT2D eigenvalue weighted by Gasteiger charge is -2.64. The first-order valence-electron chi connectivity index (χ1n) is 12.1. The summed E-state index contributed by atoms with van der Waals surface area (Å²) in [6.07, 6.45) is 15.9. The summed E-state index contributed by atoms with van der Waals surface area (Å²) in [6, 6.07) is -1.04. The van der Waals surface area contributed by atoms with Gasteiger partial charge in [-0.25, -0.2) is 8.78 Å². The normalized spacial score (nSPS) is 41.5. The predicted octanol–water partition coefficient (Wildman–Crippen LogP) is 5.40. The van der Waals surface area contributed by atoms with Crippen LogP contribution in [0.15, 0.2) is 36.5 Å². The Kier molecular flexibility index (Phi) is 6.19. The van der Waals surface area contributed by atoms with Crippen LogP contribution in [0.1, 0.15) is 65.2 Å². The first-order valence-corrected chi connectivity index (χ1v) is 12.1. The van der Waals surface area contributed by atoms with Gasteiger partial charge in [0.2, 0.25) is 5.91 Å². The number of hydrogen-bond acceptors (Lipinski definition) is 2. The third-order valence-corrected chi connectivity index (χ3v) is 8.98. The number of piperidine rings is 1. The molecule has 4 unspecified atom stereocenters. The fraction of sp³-hybridized carbons (Fsp3) is 0.731. The van der Waals surface area contributed by atoms with E-state index >= 15 is 0 Å². The highest BCUT2D eigenvalue weighted by Crippen LogP contribution is 2.68. The molecule has 0 aromatic heterocycles. The Morgan fingerprint density at radius 1 is 1.26 bits per heavy atom. The van der Waals surface area contributed by atoms with Gasteiger partial charge in [0.15, 0.2) is 0 Å². The summed E-state index contributed by atoms with van der Waals surface area (Å²) in [4.78, 5) is 13.3. The van der Waals surface area contributed by atoms with Gasteiger partial charge in [0.1, 0.15) is 0 Å². The van der Waals surface area contributed by atoms with Gasteiger partial charge in [-0.1, -0.05) is 44.2 Å². The average molecular weight is 433 g/mol. The van der Waals surface area contributed by atoms with Gasteiger partial charge >= 0.3 is 0 Å². The first kappa shape index (κ1) is 22.7. The molecular formula is C26H38F2N2O. The number of carbonyl (C=O) groups is 1. The Labute approximate surface area is 185 Å². The van der Waals surface area contributed by atoms with Gasteiger partial charge in [0.05, 0.1) is 12.6 Å². The zero-order valence-corrected chi connectivity index (χ0v) is 19.1. The SMILES string of the molecule is C=C(/C=C\C=C/C)[C@]12CCC3C(C(=O)NC4CCNCC4(F)F)CC(C1)C[C@]3(CC)C2. The molecule has 172 valence electrons. The van der Waals surface area contributed by atoms with Crippen LogP contribution in [0.2, 0.25) is 0 Å². The van der Waals surface area contributed by atoms with Crippen LogP contribution in [0.25, 0.3) is 0 Å². The lowest BCUT2D eigenvalue weighted by atomic mass is 9.41. The number of nitrogens with one attached hydrogen (secondary N) is 2. The molecule has 4 fully saturated rings. The Balaban J connectivity index is 1.54. The van der Waals surface area contributed by atoms with Gasteiger partial charge in [0.25, 0.3) is 5.92 Å². The van der Waals surface area contributed by atoms with E-state index in [1.165, 1.54) is 12.0 Å². The van der Waals surface area contributed by atoms with E-state index in [9.17, 15) is 13.6 Å². The van der Waals surface area contributed by atoms with E-state index in [4.69, 9.17) is 0 Å². The van der Waals surface area contributed by atoms with Crippen molar-refractivity contribution in [2.45, 2.75) is 77.2 Å². The van der Waals surface area contributed by atoms with Gasteiger partial charge in [-0.3, -0.25) is 4.79 Å². The van der Waals surface area contributed by atoms with Crippen LogP contribution in [0.4, 0.5) is 8.78 Å². The topological polar surface area (TPSA) is 41.1 Å². The molecule has 0 radical (unpaired) electrons. The summed E-state index contributed by atoms with van der Waals surface area (Å²) in [5.41, 5.74) is 1.50. The van der Waals surface area contributed by atoms with Crippen molar-refractivity contribution in [2.75, 3.05) is 13.1 Å². The molecule has 1 aliphatic heterocycles. The second-order valence-electron chi connectivity index (χ2n) is 10.6. The van der Waals surface area contributed by atoms with Crippen LogP contribution < -0.4 is 10.6 Å². The molecule has 2 N–H and O–H groups in total. The maximum absolute atomic E-state index is 14.3. The molecule has 1 heterocycles. The van der Waals surface area contributed by atoms with E-state index in [1.54, 1.807) is 0 Å². The van der Waals surface area contributed by atoms with Gasteiger partial charge < -0.3 is 10.6 Å². The number of halogens is 2.